The second kappa shape index (κ2) is 6.70. The number of aromatic nitrogens is 3. The lowest BCUT2D eigenvalue weighted by molar-refractivity contribution is -0.115. The van der Waals surface area contributed by atoms with E-state index in [-0.39, 0.29) is 12.3 Å². The summed E-state index contributed by atoms with van der Waals surface area (Å²) in [5, 5.41) is 16.1. The Bertz CT molecular complexity index is 795. The number of benzene rings is 1. The van der Waals surface area contributed by atoms with Gasteiger partial charge in [-0.25, -0.2) is 0 Å². The van der Waals surface area contributed by atoms with Gasteiger partial charge >= 0.3 is 0 Å². The molecule has 2 aromatic heterocycles. The Morgan fingerprint density at radius 1 is 1.26 bits per heavy atom. The Balaban J connectivity index is 1.63. The molecule has 0 aliphatic carbocycles. The molecule has 0 fully saturated rings. The minimum atomic E-state index is -0.190. The summed E-state index contributed by atoms with van der Waals surface area (Å²) in [4.78, 5) is 12.1. The Morgan fingerprint density at radius 3 is 2.74 bits per heavy atom. The molecular weight excluding hydrogens is 312 g/mol. The zero-order valence-electron chi connectivity index (χ0n) is 12.8. The molecule has 0 bridgehead atoms. The van der Waals surface area contributed by atoms with Gasteiger partial charge in [0.2, 0.25) is 11.0 Å². The molecule has 7 heteroatoms. The summed E-state index contributed by atoms with van der Waals surface area (Å²) in [7, 11) is 0. The summed E-state index contributed by atoms with van der Waals surface area (Å²) in [5.74, 6) is 0.748. The highest BCUT2D eigenvalue weighted by molar-refractivity contribution is 7.15. The second-order valence-electron chi connectivity index (χ2n) is 5.37. The first kappa shape index (κ1) is 15.4. The van der Waals surface area contributed by atoms with Crippen molar-refractivity contribution in [2.24, 2.45) is 0 Å². The van der Waals surface area contributed by atoms with Gasteiger partial charge in [-0.05, 0) is 0 Å². The third-order valence-electron chi connectivity index (χ3n) is 3.14. The van der Waals surface area contributed by atoms with Crippen LogP contribution in [0.1, 0.15) is 30.5 Å². The van der Waals surface area contributed by atoms with E-state index in [1.165, 1.54) is 11.3 Å². The van der Waals surface area contributed by atoms with Gasteiger partial charge < -0.3 is 9.84 Å². The summed E-state index contributed by atoms with van der Waals surface area (Å²) >= 11 is 1.38. The number of nitrogens with one attached hydrogen (secondary N) is 1. The van der Waals surface area contributed by atoms with Gasteiger partial charge in [-0.1, -0.05) is 60.7 Å². The van der Waals surface area contributed by atoms with Crippen molar-refractivity contribution in [2.75, 3.05) is 5.32 Å². The summed E-state index contributed by atoms with van der Waals surface area (Å²) in [5.41, 5.74) is 1.51. The van der Waals surface area contributed by atoms with Crippen LogP contribution in [0.15, 0.2) is 40.9 Å². The number of amides is 1. The Hall–Kier alpha value is -2.54. The van der Waals surface area contributed by atoms with Crippen LogP contribution in [0.2, 0.25) is 0 Å². The molecule has 0 radical (unpaired) electrons. The Labute approximate surface area is 137 Å². The molecule has 2 heterocycles. The average Bonchev–Trinajstić information content (AvgIpc) is 3.18. The Kier molecular flexibility index (Phi) is 4.47. The molecule has 0 spiro atoms. The maximum Gasteiger partial charge on any atom is 0.232 e. The van der Waals surface area contributed by atoms with E-state index in [0.29, 0.717) is 22.5 Å². The van der Waals surface area contributed by atoms with E-state index in [0.717, 1.165) is 10.6 Å². The van der Waals surface area contributed by atoms with Crippen LogP contribution in [0, 0.1) is 0 Å². The van der Waals surface area contributed by atoms with Gasteiger partial charge in [-0.3, -0.25) is 4.79 Å². The predicted molar refractivity (Wildman–Crippen MR) is 88.3 cm³/mol. The van der Waals surface area contributed by atoms with Crippen molar-refractivity contribution < 1.29 is 9.32 Å². The topological polar surface area (TPSA) is 80.9 Å². The van der Waals surface area contributed by atoms with Crippen molar-refractivity contribution in [3.63, 3.8) is 0 Å². The van der Waals surface area contributed by atoms with Crippen LogP contribution in [0.25, 0.3) is 11.3 Å². The quantitative estimate of drug-likeness (QED) is 0.775. The van der Waals surface area contributed by atoms with E-state index in [4.69, 9.17) is 4.52 Å². The standard InChI is InChI=1S/C16H16N4O2S/c1-10(2)15-18-19-16(23-15)17-14(21)9-12-8-13(22-20-12)11-6-4-3-5-7-11/h3-8,10H,9H2,1-2H3,(H,17,19,21). The van der Waals surface area contributed by atoms with Gasteiger partial charge in [-0.15, -0.1) is 10.2 Å². The largest absolute Gasteiger partial charge is 0.356 e. The predicted octanol–water partition coefficient (Wildman–Crippen LogP) is 3.50. The molecular formula is C16H16N4O2S. The minimum absolute atomic E-state index is 0.132. The third kappa shape index (κ3) is 3.81. The van der Waals surface area contributed by atoms with E-state index in [9.17, 15) is 4.79 Å². The van der Waals surface area contributed by atoms with Crippen LogP contribution in [0.5, 0.6) is 0 Å². The van der Waals surface area contributed by atoms with E-state index >= 15 is 0 Å². The smallest absolute Gasteiger partial charge is 0.232 e. The highest BCUT2D eigenvalue weighted by Gasteiger charge is 2.13. The molecule has 0 aliphatic heterocycles. The molecule has 1 amide bonds. The monoisotopic (exact) mass is 328 g/mol. The van der Waals surface area contributed by atoms with Gasteiger partial charge in [0.1, 0.15) is 5.01 Å². The van der Waals surface area contributed by atoms with Crippen molar-refractivity contribution in [3.8, 4) is 11.3 Å². The molecule has 3 rings (SSSR count). The first-order valence-corrected chi connectivity index (χ1v) is 8.07. The van der Waals surface area contributed by atoms with Crippen molar-refractivity contribution >= 4 is 22.4 Å². The van der Waals surface area contributed by atoms with Gasteiger partial charge in [0, 0.05) is 17.5 Å². The van der Waals surface area contributed by atoms with E-state index in [1.807, 2.05) is 44.2 Å². The molecule has 0 saturated heterocycles. The SMILES string of the molecule is CC(C)c1nnc(NC(=O)Cc2cc(-c3ccccc3)on2)s1. The third-order valence-corrected chi connectivity index (χ3v) is 4.28. The van der Waals surface area contributed by atoms with Crippen LogP contribution in [-0.4, -0.2) is 21.3 Å². The molecule has 118 valence electrons. The fourth-order valence-electron chi connectivity index (χ4n) is 1.98. The van der Waals surface area contributed by atoms with Crippen molar-refractivity contribution in [1.29, 1.82) is 0 Å². The molecule has 0 aliphatic rings. The summed E-state index contributed by atoms with van der Waals surface area (Å²) < 4.78 is 5.28. The Morgan fingerprint density at radius 2 is 2.04 bits per heavy atom. The second-order valence-corrected chi connectivity index (χ2v) is 6.38. The van der Waals surface area contributed by atoms with Gasteiger partial charge in [0.05, 0.1) is 12.1 Å². The molecule has 6 nitrogen and oxygen atoms in total. The maximum atomic E-state index is 12.1. The first-order chi connectivity index (χ1) is 11.1. The van der Waals surface area contributed by atoms with Crippen LogP contribution in [0.4, 0.5) is 5.13 Å². The van der Waals surface area contributed by atoms with E-state index < -0.39 is 0 Å². The molecule has 1 N–H and O–H groups in total. The van der Waals surface area contributed by atoms with Gasteiger partial charge in [-0.2, -0.15) is 0 Å². The van der Waals surface area contributed by atoms with E-state index in [2.05, 4.69) is 20.7 Å². The molecule has 0 atom stereocenters. The van der Waals surface area contributed by atoms with Crippen LogP contribution < -0.4 is 5.32 Å². The molecule has 1 aromatic carbocycles. The molecule has 0 saturated carbocycles. The molecule has 23 heavy (non-hydrogen) atoms. The lowest BCUT2D eigenvalue weighted by Gasteiger charge is -1.97. The van der Waals surface area contributed by atoms with Gasteiger partial charge in [0.15, 0.2) is 5.76 Å². The van der Waals surface area contributed by atoms with Gasteiger partial charge in [0.25, 0.3) is 0 Å². The maximum absolute atomic E-state index is 12.1. The summed E-state index contributed by atoms with van der Waals surface area (Å²) in [6.07, 6.45) is 0.132. The lowest BCUT2D eigenvalue weighted by Crippen LogP contribution is -2.14. The van der Waals surface area contributed by atoms with Crippen LogP contribution in [0.3, 0.4) is 0 Å². The normalized spacial score (nSPS) is 10.9. The van der Waals surface area contributed by atoms with Crippen molar-refractivity contribution in [3.05, 3.63) is 47.1 Å². The van der Waals surface area contributed by atoms with E-state index in [1.54, 1.807) is 6.07 Å². The van der Waals surface area contributed by atoms with Crippen LogP contribution in [-0.2, 0) is 11.2 Å². The summed E-state index contributed by atoms with van der Waals surface area (Å²) in [6.45, 7) is 4.07. The summed E-state index contributed by atoms with van der Waals surface area (Å²) in [6, 6.07) is 11.4. The molecule has 3 aromatic rings. The number of carbonyl (C=O) groups excluding carboxylic acids is 1. The van der Waals surface area contributed by atoms with Crippen molar-refractivity contribution in [1.82, 2.24) is 15.4 Å². The fourth-order valence-corrected chi connectivity index (χ4v) is 2.74. The number of carbonyl (C=O) groups is 1. The van der Waals surface area contributed by atoms with Crippen molar-refractivity contribution in [2.45, 2.75) is 26.2 Å². The zero-order chi connectivity index (χ0) is 16.2. The molecule has 0 unspecified atom stereocenters. The first-order valence-electron chi connectivity index (χ1n) is 7.26. The number of nitrogens with zero attached hydrogens (tertiary/aromatic N) is 3. The minimum Gasteiger partial charge on any atom is -0.356 e. The fraction of sp³-hybridized carbons (Fsp3) is 0.250. The highest BCUT2D eigenvalue weighted by Crippen LogP contribution is 2.23. The number of rotatable bonds is 5. The zero-order valence-corrected chi connectivity index (χ0v) is 13.6. The lowest BCUT2D eigenvalue weighted by atomic mass is 10.1. The number of hydrogen-bond acceptors (Lipinski definition) is 6. The average molecular weight is 328 g/mol. The number of anilines is 1. The van der Waals surface area contributed by atoms with Crippen LogP contribution >= 0.6 is 11.3 Å². The number of hydrogen-bond donors (Lipinski definition) is 1. The highest BCUT2D eigenvalue weighted by atomic mass is 32.1.